The van der Waals surface area contributed by atoms with Crippen LogP contribution in [-0.4, -0.2) is 55.4 Å². The first-order chi connectivity index (χ1) is 9.17. The molecule has 3 N–H and O–H groups in total. The molecule has 0 heterocycles. The second-order valence-corrected chi connectivity index (χ2v) is 7.95. The summed E-state index contributed by atoms with van der Waals surface area (Å²) in [6, 6.07) is -0.792. The van der Waals surface area contributed by atoms with Gasteiger partial charge in [-0.3, -0.25) is 4.79 Å². The average Bonchev–Trinajstić information content (AvgIpc) is 2.40. The van der Waals surface area contributed by atoms with Gasteiger partial charge < -0.3 is 10.4 Å². The van der Waals surface area contributed by atoms with Crippen LogP contribution in [0.2, 0.25) is 0 Å². The quantitative estimate of drug-likeness (QED) is 0.537. The molecule has 1 amide bonds. The Morgan fingerprint density at radius 1 is 1.40 bits per heavy atom. The van der Waals surface area contributed by atoms with Crippen LogP contribution in [0.25, 0.3) is 0 Å². The predicted octanol–water partition coefficient (Wildman–Crippen LogP) is 0.325. The van der Waals surface area contributed by atoms with E-state index in [0.717, 1.165) is 0 Å². The maximum atomic E-state index is 12.0. The van der Waals surface area contributed by atoms with E-state index in [9.17, 15) is 18.3 Å². The minimum Gasteiger partial charge on any atom is -0.388 e. The van der Waals surface area contributed by atoms with Crippen LogP contribution in [0.1, 0.15) is 33.6 Å². The maximum absolute atomic E-state index is 12.0. The van der Waals surface area contributed by atoms with Crippen LogP contribution >= 0.6 is 11.8 Å². The molecule has 0 rings (SSSR count). The Morgan fingerprint density at radius 3 is 2.45 bits per heavy atom. The number of sulfonamides is 1. The molecule has 2 unspecified atom stereocenters. The fraction of sp³-hybridized carbons (Fsp3) is 0.917. The van der Waals surface area contributed by atoms with Gasteiger partial charge >= 0.3 is 0 Å². The molecule has 0 aromatic heterocycles. The van der Waals surface area contributed by atoms with Crippen molar-refractivity contribution in [2.75, 3.05) is 24.3 Å². The summed E-state index contributed by atoms with van der Waals surface area (Å²) < 4.78 is 25.6. The van der Waals surface area contributed by atoms with Gasteiger partial charge in [0.05, 0.1) is 11.4 Å². The van der Waals surface area contributed by atoms with Crippen LogP contribution in [0.15, 0.2) is 0 Å². The third-order valence-electron chi connectivity index (χ3n) is 3.03. The summed E-state index contributed by atoms with van der Waals surface area (Å²) in [6.45, 7) is 5.07. The fourth-order valence-corrected chi connectivity index (χ4v) is 2.60. The normalized spacial score (nSPS) is 16.4. The molecule has 0 fully saturated rings. The molecule has 0 aliphatic heterocycles. The highest BCUT2D eigenvalue weighted by Gasteiger charge is 2.25. The average molecular weight is 326 g/mol. The second-order valence-electron chi connectivity index (χ2n) is 4.92. The largest absolute Gasteiger partial charge is 0.388 e. The highest BCUT2D eigenvalue weighted by Crippen LogP contribution is 2.07. The molecule has 6 nitrogen and oxygen atoms in total. The Labute approximate surface area is 126 Å². The van der Waals surface area contributed by atoms with Gasteiger partial charge in [-0.25, -0.2) is 13.1 Å². The van der Waals surface area contributed by atoms with Crippen molar-refractivity contribution < 1.29 is 18.3 Å². The van der Waals surface area contributed by atoms with Gasteiger partial charge in [-0.2, -0.15) is 11.8 Å². The molecule has 0 bridgehead atoms. The molecule has 20 heavy (non-hydrogen) atoms. The molecule has 0 aromatic rings. The Balaban J connectivity index is 4.65. The van der Waals surface area contributed by atoms with Gasteiger partial charge in [-0.1, -0.05) is 6.92 Å². The number of carbonyl (C=O) groups excluding carboxylic acids is 1. The number of amides is 1. The van der Waals surface area contributed by atoms with Crippen LogP contribution in [-0.2, 0) is 14.8 Å². The molecule has 2 atom stereocenters. The van der Waals surface area contributed by atoms with Gasteiger partial charge in [0.15, 0.2) is 0 Å². The number of rotatable bonds is 10. The number of hydrogen-bond acceptors (Lipinski definition) is 5. The van der Waals surface area contributed by atoms with Gasteiger partial charge in [0.25, 0.3) is 0 Å². The molecule has 120 valence electrons. The molecule has 0 spiro atoms. The topological polar surface area (TPSA) is 95.5 Å². The second kappa shape index (κ2) is 8.86. The Morgan fingerprint density at radius 2 is 2.00 bits per heavy atom. The van der Waals surface area contributed by atoms with Gasteiger partial charge in [0.1, 0.15) is 6.04 Å². The Bertz CT molecular complexity index is 396. The third kappa shape index (κ3) is 8.08. The summed E-state index contributed by atoms with van der Waals surface area (Å²) >= 11 is 1.54. The molecule has 0 aliphatic carbocycles. The number of thioether (sulfide) groups is 1. The van der Waals surface area contributed by atoms with E-state index in [0.29, 0.717) is 18.6 Å². The molecule has 0 aromatic carbocycles. The number of carbonyl (C=O) groups is 1. The van der Waals surface area contributed by atoms with Crippen molar-refractivity contribution in [2.45, 2.75) is 45.3 Å². The van der Waals surface area contributed by atoms with Gasteiger partial charge in [-0.05, 0) is 38.7 Å². The Kier molecular flexibility index (Phi) is 8.72. The lowest BCUT2D eigenvalue weighted by Gasteiger charge is -2.24. The zero-order valence-corrected chi connectivity index (χ0v) is 14.2. The highest BCUT2D eigenvalue weighted by molar-refractivity contribution is 7.98. The van der Waals surface area contributed by atoms with E-state index in [1.165, 1.54) is 6.92 Å². The fourth-order valence-electron chi connectivity index (χ4n) is 1.31. The number of nitrogens with one attached hydrogen (secondary N) is 2. The molecule has 8 heteroatoms. The maximum Gasteiger partial charge on any atom is 0.238 e. The summed E-state index contributed by atoms with van der Waals surface area (Å²) in [7, 11) is -3.44. The third-order valence-corrected chi connectivity index (χ3v) is 5.08. The van der Waals surface area contributed by atoms with Crippen LogP contribution in [0.4, 0.5) is 0 Å². The first kappa shape index (κ1) is 19.7. The zero-order chi connectivity index (χ0) is 15.8. The molecule has 0 aliphatic rings. The summed E-state index contributed by atoms with van der Waals surface area (Å²) in [5.74, 6) is 0.210. The minimum atomic E-state index is -3.44. The smallest absolute Gasteiger partial charge is 0.238 e. The highest BCUT2D eigenvalue weighted by atomic mass is 32.2. The van der Waals surface area contributed by atoms with E-state index in [1.807, 2.05) is 13.2 Å². The van der Waals surface area contributed by atoms with Crippen LogP contribution in [0, 0.1) is 0 Å². The van der Waals surface area contributed by atoms with Crippen molar-refractivity contribution in [3.05, 3.63) is 0 Å². The minimum absolute atomic E-state index is 0.0667. The monoisotopic (exact) mass is 326 g/mol. The van der Waals surface area contributed by atoms with Crippen LogP contribution < -0.4 is 10.0 Å². The van der Waals surface area contributed by atoms with E-state index < -0.39 is 27.6 Å². The lowest BCUT2D eigenvalue weighted by Crippen LogP contribution is -2.50. The Hall–Kier alpha value is -0.310. The van der Waals surface area contributed by atoms with Crippen molar-refractivity contribution in [3.63, 3.8) is 0 Å². The molecular weight excluding hydrogens is 300 g/mol. The van der Waals surface area contributed by atoms with Gasteiger partial charge in [0.2, 0.25) is 15.9 Å². The summed E-state index contributed by atoms with van der Waals surface area (Å²) in [6.07, 6.45) is 2.81. The first-order valence-corrected chi connectivity index (χ1v) is 9.71. The van der Waals surface area contributed by atoms with Crippen molar-refractivity contribution in [2.24, 2.45) is 0 Å². The molecule has 0 saturated heterocycles. The van der Waals surface area contributed by atoms with Crippen LogP contribution in [0.5, 0.6) is 0 Å². The summed E-state index contributed by atoms with van der Waals surface area (Å²) in [5.41, 5.74) is -0.983. The van der Waals surface area contributed by atoms with E-state index in [1.54, 1.807) is 18.7 Å². The molecular formula is C12H26N2O4S2. The lowest BCUT2D eigenvalue weighted by molar-refractivity contribution is -0.123. The SMILES string of the molecule is CCC(C)(O)CNC(=O)C(CCSC)NS(=O)(=O)CC. The van der Waals surface area contributed by atoms with Crippen molar-refractivity contribution in [3.8, 4) is 0 Å². The number of aliphatic hydroxyl groups is 1. The van der Waals surface area contributed by atoms with E-state index in [-0.39, 0.29) is 12.3 Å². The van der Waals surface area contributed by atoms with Crippen LogP contribution in [0.3, 0.4) is 0 Å². The predicted molar refractivity (Wildman–Crippen MR) is 83.3 cm³/mol. The van der Waals surface area contributed by atoms with E-state index in [4.69, 9.17) is 0 Å². The van der Waals surface area contributed by atoms with Crippen molar-refractivity contribution in [1.29, 1.82) is 0 Å². The summed E-state index contributed by atoms with van der Waals surface area (Å²) in [5, 5.41) is 12.5. The standard InChI is InChI=1S/C12H26N2O4S2/c1-5-12(3,16)9-13-11(15)10(7-8-19-4)14-20(17,18)6-2/h10,14,16H,5-9H2,1-4H3,(H,13,15). The summed E-state index contributed by atoms with van der Waals surface area (Å²) in [4.78, 5) is 12.0. The van der Waals surface area contributed by atoms with Crippen molar-refractivity contribution >= 4 is 27.7 Å². The first-order valence-electron chi connectivity index (χ1n) is 6.66. The zero-order valence-electron chi connectivity index (χ0n) is 12.6. The lowest BCUT2D eigenvalue weighted by atomic mass is 10.0. The van der Waals surface area contributed by atoms with Gasteiger partial charge in [0, 0.05) is 6.54 Å². The van der Waals surface area contributed by atoms with E-state index in [2.05, 4.69) is 10.0 Å². The van der Waals surface area contributed by atoms with Gasteiger partial charge in [-0.15, -0.1) is 0 Å². The van der Waals surface area contributed by atoms with Crippen molar-refractivity contribution in [1.82, 2.24) is 10.0 Å². The number of hydrogen-bond donors (Lipinski definition) is 3. The van der Waals surface area contributed by atoms with E-state index >= 15 is 0 Å². The molecule has 0 radical (unpaired) electrons. The molecule has 0 saturated carbocycles.